The predicted molar refractivity (Wildman–Crippen MR) is 113 cm³/mol. The first-order valence-electron chi connectivity index (χ1n) is 9.06. The van der Waals surface area contributed by atoms with Gasteiger partial charge in [0, 0.05) is 36.9 Å². The van der Waals surface area contributed by atoms with Crippen molar-refractivity contribution in [3.05, 3.63) is 65.7 Å². The Kier molecular flexibility index (Phi) is 5.19. The standard InChI is InChI=1S/C21H21ClN2O3S/c1-27-20-7-5-17-14-21(8-6-16(17)13-20)28(25,26)24-11-9-23(10-12-24)19-4-2-3-18(22)15-19/h2-8,13-15H,9-12H2,1H3. The van der Waals surface area contributed by atoms with Crippen LogP contribution in [0, 0.1) is 0 Å². The molecule has 0 spiro atoms. The van der Waals surface area contributed by atoms with Crippen LogP contribution in [0.2, 0.25) is 5.02 Å². The highest BCUT2D eigenvalue weighted by atomic mass is 35.5. The number of rotatable bonds is 4. The summed E-state index contributed by atoms with van der Waals surface area (Å²) in [4.78, 5) is 2.48. The van der Waals surface area contributed by atoms with Gasteiger partial charge < -0.3 is 9.64 Å². The second-order valence-corrected chi connectivity index (χ2v) is 9.12. The fraction of sp³-hybridized carbons (Fsp3) is 0.238. The monoisotopic (exact) mass is 416 g/mol. The lowest BCUT2D eigenvalue weighted by Crippen LogP contribution is -2.48. The molecule has 0 aromatic heterocycles. The van der Waals surface area contributed by atoms with Crippen molar-refractivity contribution in [3.8, 4) is 5.75 Å². The number of benzene rings is 3. The first-order chi connectivity index (χ1) is 13.5. The van der Waals surface area contributed by atoms with Crippen LogP contribution in [0.5, 0.6) is 5.75 Å². The average molecular weight is 417 g/mol. The topological polar surface area (TPSA) is 49.9 Å². The number of hydrogen-bond donors (Lipinski definition) is 0. The van der Waals surface area contributed by atoms with E-state index in [0.29, 0.717) is 36.1 Å². The maximum Gasteiger partial charge on any atom is 0.243 e. The third kappa shape index (κ3) is 3.68. The van der Waals surface area contributed by atoms with Gasteiger partial charge in [0.25, 0.3) is 0 Å². The summed E-state index contributed by atoms with van der Waals surface area (Å²) in [6, 6.07) is 18.5. The third-order valence-electron chi connectivity index (χ3n) is 5.07. The number of halogens is 1. The van der Waals surface area contributed by atoms with Crippen molar-refractivity contribution in [3.63, 3.8) is 0 Å². The molecular weight excluding hydrogens is 396 g/mol. The smallest absolute Gasteiger partial charge is 0.243 e. The van der Waals surface area contributed by atoms with Crippen LogP contribution in [0.3, 0.4) is 0 Å². The zero-order valence-corrected chi connectivity index (χ0v) is 17.1. The SMILES string of the molecule is COc1ccc2cc(S(=O)(=O)N3CCN(c4cccc(Cl)c4)CC3)ccc2c1. The van der Waals surface area contributed by atoms with Crippen molar-refractivity contribution < 1.29 is 13.2 Å². The maximum absolute atomic E-state index is 13.1. The van der Waals surface area contributed by atoms with E-state index in [0.717, 1.165) is 22.2 Å². The number of sulfonamides is 1. The molecule has 146 valence electrons. The lowest BCUT2D eigenvalue weighted by Gasteiger charge is -2.35. The molecule has 5 nitrogen and oxygen atoms in total. The van der Waals surface area contributed by atoms with Gasteiger partial charge in [0.1, 0.15) is 5.75 Å². The van der Waals surface area contributed by atoms with Gasteiger partial charge in [-0.2, -0.15) is 4.31 Å². The molecule has 1 heterocycles. The van der Waals surface area contributed by atoms with E-state index < -0.39 is 10.0 Å². The summed E-state index contributed by atoms with van der Waals surface area (Å²) in [6.07, 6.45) is 0. The molecule has 4 rings (SSSR count). The molecule has 0 bridgehead atoms. The first kappa shape index (κ1) is 19.1. The minimum Gasteiger partial charge on any atom is -0.497 e. The highest BCUT2D eigenvalue weighted by Gasteiger charge is 2.28. The number of anilines is 1. The van der Waals surface area contributed by atoms with Gasteiger partial charge in [0.15, 0.2) is 0 Å². The largest absolute Gasteiger partial charge is 0.497 e. The summed E-state index contributed by atoms with van der Waals surface area (Å²) in [5, 5.41) is 2.50. The molecule has 0 amide bonds. The number of nitrogens with zero attached hydrogens (tertiary/aromatic N) is 2. The van der Waals surface area contributed by atoms with Crippen LogP contribution in [0.4, 0.5) is 5.69 Å². The minimum absolute atomic E-state index is 0.321. The Morgan fingerprint density at radius 3 is 2.32 bits per heavy atom. The van der Waals surface area contributed by atoms with Gasteiger partial charge in [-0.25, -0.2) is 8.42 Å². The highest BCUT2D eigenvalue weighted by molar-refractivity contribution is 7.89. The molecule has 1 fully saturated rings. The molecule has 1 saturated heterocycles. The van der Waals surface area contributed by atoms with Crippen LogP contribution >= 0.6 is 11.6 Å². The molecule has 0 aliphatic carbocycles. The molecule has 0 atom stereocenters. The summed E-state index contributed by atoms with van der Waals surface area (Å²) in [5.74, 6) is 0.750. The van der Waals surface area contributed by atoms with Crippen LogP contribution in [0.15, 0.2) is 65.6 Å². The van der Waals surface area contributed by atoms with Crippen LogP contribution < -0.4 is 9.64 Å². The Labute approximate surface area is 170 Å². The Morgan fingerprint density at radius 1 is 0.893 bits per heavy atom. The quantitative estimate of drug-likeness (QED) is 0.644. The van der Waals surface area contributed by atoms with Crippen molar-refractivity contribution in [2.45, 2.75) is 4.90 Å². The fourth-order valence-corrected chi connectivity index (χ4v) is 5.14. The zero-order chi connectivity index (χ0) is 19.7. The normalized spacial score (nSPS) is 15.7. The van der Waals surface area contributed by atoms with Gasteiger partial charge in [0.2, 0.25) is 10.0 Å². The van der Waals surface area contributed by atoms with Crippen LogP contribution in [-0.4, -0.2) is 46.0 Å². The van der Waals surface area contributed by atoms with Gasteiger partial charge in [-0.3, -0.25) is 0 Å². The molecule has 1 aliphatic heterocycles. The lowest BCUT2D eigenvalue weighted by molar-refractivity contribution is 0.385. The Morgan fingerprint density at radius 2 is 1.61 bits per heavy atom. The fourth-order valence-electron chi connectivity index (χ4n) is 3.50. The van der Waals surface area contributed by atoms with E-state index in [9.17, 15) is 8.42 Å². The molecule has 3 aromatic rings. The molecular formula is C21H21ClN2O3S. The van der Waals surface area contributed by atoms with Crippen molar-refractivity contribution in [2.24, 2.45) is 0 Å². The van der Waals surface area contributed by atoms with Gasteiger partial charge >= 0.3 is 0 Å². The first-order valence-corrected chi connectivity index (χ1v) is 10.9. The van der Waals surface area contributed by atoms with Gasteiger partial charge in [-0.15, -0.1) is 0 Å². The minimum atomic E-state index is -3.53. The Balaban J connectivity index is 1.53. The van der Waals surface area contributed by atoms with Gasteiger partial charge in [0.05, 0.1) is 12.0 Å². The van der Waals surface area contributed by atoms with Crippen molar-refractivity contribution in [1.82, 2.24) is 4.31 Å². The number of methoxy groups -OCH3 is 1. The summed E-state index contributed by atoms with van der Waals surface area (Å²) in [5.41, 5.74) is 1.02. The van der Waals surface area contributed by atoms with E-state index in [1.165, 1.54) is 0 Å². The molecule has 0 unspecified atom stereocenters. The van der Waals surface area contributed by atoms with Crippen molar-refractivity contribution in [1.29, 1.82) is 0 Å². The van der Waals surface area contributed by atoms with E-state index in [1.807, 2.05) is 48.5 Å². The van der Waals surface area contributed by atoms with E-state index in [1.54, 1.807) is 23.5 Å². The highest BCUT2D eigenvalue weighted by Crippen LogP contribution is 2.27. The molecule has 0 radical (unpaired) electrons. The lowest BCUT2D eigenvalue weighted by atomic mass is 10.1. The molecule has 0 saturated carbocycles. The second-order valence-electron chi connectivity index (χ2n) is 6.75. The van der Waals surface area contributed by atoms with Gasteiger partial charge in [-0.1, -0.05) is 29.8 Å². The number of piperazine rings is 1. The number of hydrogen-bond acceptors (Lipinski definition) is 4. The maximum atomic E-state index is 13.1. The summed E-state index contributed by atoms with van der Waals surface area (Å²) in [6.45, 7) is 2.14. The number of fused-ring (bicyclic) bond motifs is 1. The number of ether oxygens (including phenoxy) is 1. The second kappa shape index (κ2) is 7.62. The summed E-state index contributed by atoms with van der Waals surface area (Å²) < 4.78 is 33.0. The third-order valence-corrected chi connectivity index (χ3v) is 7.20. The van der Waals surface area contributed by atoms with E-state index >= 15 is 0 Å². The van der Waals surface area contributed by atoms with E-state index in [-0.39, 0.29) is 0 Å². The van der Waals surface area contributed by atoms with E-state index in [2.05, 4.69) is 4.90 Å². The zero-order valence-electron chi connectivity index (χ0n) is 15.5. The summed E-state index contributed by atoms with van der Waals surface area (Å²) >= 11 is 6.07. The van der Waals surface area contributed by atoms with Gasteiger partial charge in [-0.05, 0) is 53.2 Å². The van der Waals surface area contributed by atoms with Crippen LogP contribution in [0.25, 0.3) is 10.8 Å². The van der Waals surface area contributed by atoms with Crippen LogP contribution in [-0.2, 0) is 10.0 Å². The molecule has 7 heteroatoms. The molecule has 28 heavy (non-hydrogen) atoms. The Bertz CT molecular complexity index is 1110. The molecule has 3 aromatic carbocycles. The van der Waals surface area contributed by atoms with Crippen molar-refractivity contribution in [2.75, 3.05) is 38.2 Å². The predicted octanol–water partition coefficient (Wildman–Crippen LogP) is 4.01. The summed E-state index contributed by atoms with van der Waals surface area (Å²) in [7, 11) is -1.92. The average Bonchev–Trinajstić information content (AvgIpc) is 2.73. The Hall–Kier alpha value is -2.28. The molecule has 0 N–H and O–H groups in total. The molecule has 1 aliphatic rings. The van der Waals surface area contributed by atoms with Crippen molar-refractivity contribution >= 4 is 38.1 Å². The van der Waals surface area contributed by atoms with E-state index in [4.69, 9.17) is 16.3 Å². The van der Waals surface area contributed by atoms with Crippen LogP contribution in [0.1, 0.15) is 0 Å².